The quantitative estimate of drug-likeness (QED) is 0.274. The van der Waals surface area contributed by atoms with Gasteiger partial charge >= 0.3 is 5.97 Å². The first-order valence-corrected chi connectivity index (χ1v) is 15.9. The molecule has 0 bridgehead atoms. The number of carbonyl (C=O) groups is 1. The number of aliphatic carboxylic acids is 1. The van der Waals surface area contributed by atoms with Gasteiger partial charge in [0, 0.05) is 34.3 Å². The summed E-state index contributed by atoms with van der Waals surface area (Å²) >= 11 is 13.9. The van der Waals surface area contributed by atoms with Crippen molar-refractivity contribution in [3.8, 4) is 6.07 Å². The zero-order valence-electron chi connectivity index (χ0n) is 24.2. The second kappa shape index (κ2) is 11.9. The zero-order valence-corrected chi connectivity index (χ0v) is 26.5. The molecule has 0 amide bonds. The lowest BCUT2D eigenvalue weighted by atomic mass is 9.62. The average molecular weight is 652 g/mol. The van der Waals surface area contributed by atoms with E-state index in [-0.39, 0.29) is 33.0 Å². The van der Waals surface area contributed by atoms with Gasteiger partial charge in [0.15, 0.2) is 0 Å². The largest absolute Gasteiger partial charge is 0.480 e. The minimum Gasteiger partial charge on any atom is -0.480 e. The minimum atomic E-state index is -1.59. The summed E-state index contributed by atoms with van der Waals surface area (Å²) in [7, 11) is 0. The maximum absolute atomic E-state index is 15.9. The number of hydrogen-bond donors (Lipinski definition) is 3. The van der Waals surface area contributed by atoms with E-state index in [0.717, 1.165) is 6.07 Å². The highest BCUT2D eigenvalue weighted by Gasteiger charge is 2.65. The van der Waals surface area contributed by atoms with Crippen LogP contribution in [0.1, 0.15) is 57.6 Å². The fourth-order valence-electron chi connectivity index (χ4n) is 6.58. The summed E-state index contributed by atoms with van der Waals surface area (Å²) in [5.74, 6) is -2.71. The van der Waals surface area contributed by atoms with Crippen molar-refractivity contribution in [3.63, 3.8) is 0 Å². The Hall–Kier alpha value is -2.26. The van der Waals surface area contributed by atoms with Gasteiger partial charge in [0.05, 0.1) is 22.2 Å². The molecule has 3 aliphatic heterocycles. The highest BCUT2D eigenvalue weighted by Crippen LogP contribution is 2.55. The number of carboxylic acid groups (broad SMARTS) is 1. The number of aliphatic imine (C=N–C) groups is 1. The molecule has 0 radical (unpaired) electrons. The second-order valence-electron chi connectivity index (χ2n) is 13.1. The third kappa shape index (κ3) is 6.31. The average Bonchev–Trinajstić information content (AvgIpc) is 3.43. The number of rotatable bonds is 9. The predicted octanol–water partition coefficient (Wildman–Crippen LogP) is 6.28. The van der Waals surface area contributed by atoms with Crippen LogP contribution >= 0.6 is 35.0 Å². The van der Waals surface area contributed by atoms with Gasteiger partial charge in [-0.15, -0.1) is 11.8 Å². The normalized spacial score (nSPS) is 32.5. The van der Waals surface area contributed by atoms with Gasteiger partial charge in [0.25, 0.3) is 0 Å². The van der Waals surface area contributed by atoms with Gasteiger partial charge in [0.1, 0.15) is 35.4 Å². The van der Waals surface area contributed by atoms with Crippen molar-refractivity contribution >= 4 is 46.5 Å². The number of ether oxygens (including phenoxy) is 1. The number of carboxylic acids is 1. The molecule has 43 heavy (non-hydrogen) atoms. The number of thioether (sulfide) groups is 1. The maximum Gasteiger partial charge on any atom is 0.320 e. The second-order valence-corrected chi connectivity index (χ2v) is 14.7. The third-order valence-corrected chi connectivity index (χ3v) is 10.1. The Morgan fingerprint density at radius 1 is 1.33 bits per heavy atom. The summed E-state index contributed by atoms with van der Waals surface area (Å²) in [6, 6.07) is 8.86. The summed E-state index contributed by atoms with van der Waals surface area (Å²) in [4.78, 5) is 16.7. The first-order valence-electron chi connectivity index (χ1n) is 14.1. The first kappa shape index (κ1) is 32.1. The van der Waals surface area contributed by atoms with Gasteiger partial charge in [-0.3, -0.25) is 15.1 Å². The number of epoxide rings is 1. The van der Waals surface area contributed by atoms with E-state index >= 15 is 8.78 Å². The molecule has 7 nitrogen and oxygen atoms in total. The van der Waals surface area contributed by atoms with Crippen LogP contribution in [0.2, 0.25) is 10.0 Å². The summed E-state index contributed by atoms with van der Waals surface area (Å²) in [6.45, 7) is 7.94. The fourth-order valence-corrected chi connectivity index (χ4v) is 7.88. The highest BCUT2D eigenvalue weighted by molar-refractivity contribution is 8.12. The number of benzene rings is 2. The number of nitriles is 1. The van der Waals surface area contributed by atoms with Crippen LogP contribution in [0.5, 0.6) is 0 Å². The molecule has 3 N–H and O–H groups in total. The van der Waals surface area contributed by atoms with Crippen LogP contribution < -0.4 is 10.6 Å². The molecule has 230 valence electrons. The lowest BCUT2D eigenvalue weighted by Crippen LogP contribution is -2.46. The van der Waals surface area contributed by atoms with E-state index in [4.69, 9.17) is 27.9 Å². The molecular formula is C31H34Cl2F2N4O3S. The molecule has 2 fully saturated rings. The zero-order chi connectivity index (χ0) is 31.3. The Bertz CT molecular complexity index is 1480. The number of nitrogens with zero attached hydrogens (tertiary/aromatic N) is 2. The molecule has 0 aliphatic carbocycles. The van der Waals surface area contributed by atoms with Crippen molar-refractivity contribution in [2.45, 2.75) is 87.9 Å². The summed E-state index contributed by atoms with van der Waals surface area (Å²) in [6.07, 6.45) is -0.667. The van der Waals surface area contributed by atoms with Crippen LogP contribution in [0.3, 0.4) is 0 Å². The van der Waals surface area contributed by atoms with Crippen molar-refractivity contribution in [2.24, 2.45) is 10.4 Å². The SMILES string of the molecule is CC(C)(C)C[C@@H]1N[C@@H](C2OC2N[C@@H](CC2(C)CSC=N2)C(=O)O)[C@H](c2cccc(Cl)c2F)[C@@]1(C#N)c1ccc(Cl)cc1F. The van der Waals surface area contributed by atoms with Crippen molar-refractivity contribution in [3.05, 3.63) is 69.2 Å². The first-order chi connectivity index (χ1) is 20.2. The van der Waals surface area contributed by atoms with E-state index in [1.807, 2.05) is 27.7 Å². The van der Waals surface area contributed by atoms with Crippen molar-refractivity contribution in [2.75, 3.05) is 5.75 Å². The van der Waals surface area contributed by atoms with E-state index in [1.54, 1.807) is 17.7 Å². The van der Waals surface area contributed by atoms with Crippen molar-refractivity contribution in [1.29, 1.82) is 5.26 Å². The molecule has 2 saturated heterocycles. The number of halogens is 4. The van der Waals surface area contributed by atoms with E-state index in [2.05, 4.69) is 21.7 Å². The minimum absolute atomic E-state index is 0.0890. The Morgan fingerprint density at radius 3 is 2.67 bits per heavy atom. The van der Waals surface area contributed by atoms with Crippen LogP contribution in [-0.4, -0.2) is 58.4 Å². The monoisotopic (exact) mass is 650 g/mol. The maximum atomic E-state index is 15.9. The van der Waals surface area contributed by atoms with E-state index in [0.29, 0.717) is 12.2 Å². The molecule has 3 heterocycles. The van der Waals surface area contributed by atoms with Crippen LogP contribution in [0, 0.1) is 28.4 Å². The van der Waals surface area contributed by atoms with E-state index in [1.165, 1.54) is 30.0 Å². The molecular weight excluding hydrogens is 617 g/mol. The smallest absolute Gasteiger partial charge is 0.320 e. The molecule has 5 rings (SSSR count). The molecule has 0 aromatic heterocycles. The molecule has 2 aromatic carbocycles. The molecule has 3 unspecified atom stereocenters. The van der Waals surface area contributed by atoms with Crippen LogP contribution in [0.4, 0.5) is 8.78 Å². The van der Waals surface area contributed by atoms with Gasteiger partial charge in [-0.1, -0.05) is 62.2 Å². The van der Waals surface area contributed by atoms with Crippen molar-refractivity contribution < 1.29 is 23.4 Å². The molecule has 0 saturated carbocycles. The fraction of sp³-hybridized carbons (Fsp3) is 0.516. The molecule has 12 heteroatoms. The third-order valence-electron chi connectivity index (χ3n) is 8.51. The lowest BCUT2D eigenvalue weighted by Gasteiger charge is -2.37. The topological polar surface area (TPSA) is 110 Å². The Kier molecular flexibility index (Phi) is 8.91. The van der Waals surface area contributed by atoms with Gasteiger partial charge in [-0.2, -0.15) is 5.26 Å². The van der Waals surface area contributed by atoms with Crippen LogP contribution in [0.15, 0.2) is 41.4 Å². The molecule has 0 spiro atoms. The number of hydrogen-bond acceptors (Lipinski definition) is 7. The lowest BCUT2D eigenvalue weighted by molar-refractivity contribution is -0.140. The summed E-state index contributed by atoms with van der Waals surface area (Å²) in [5, 5.41) is 27.7. The number of nitrogens with one attached hydrogen (secondary N) is 2. The van der Waals surface area contributed by atoms with Gasteiger partial charge < -0.3 is 15.2 Å². The van der Waals surface area contributed by atoms with E-state index < -0.39 is 64.9 Å². The molecule has 2 aromatic rings. The Morgan fingerprint density at radius 2 is 2.07 bits per heavy atom. The predicted molar refractivity (Wildman–Crippen MR) is 165 cm³/mol. The van der Waals surface area contributed by atoms with Crippen LogP contribution in [0.25, 0.3) is 0 Å². The standard InChI is InChI=1S/C31H34Cl2F2N4O3S/c1-29(2,3)12-22-31(13-36,18-9-8-16(32)10-20(18)34)23(17-6-5-7-19(33)24(17)35)25(39-22)26-27(42-26)38-21(28(40)41)11-30(4)14-43-15-37-30/h5-10,15,21-23,25-27,38-39H,11-12,14H2,1-4H3,(H,40,41)/t21-,22-,23-,25+,26?,27?,30?,31-/m0/s1. The summed E-state index contributed by atoms with van der Waals surface area (Å²) in [5.41, 5.74) is -0.472. The molecule has 8 atom stereocenters. The molecule has 3 aliphatic rings. The summed E-state index contributed by atoms with van der Waals surface area (Å²) < 4.78 is 37.7. The van der Waals surface area contributed by atoms with Gasteiger partial charge in [0.2, 0.25) is 0 Å². The van der Waals surface area contributed by atoms with Gasteiger partial charge in [-0.05, 0) is 48.9 Å². The van der Waals surface area contributed by atoms with Gasteiger partial charge in [-0.25, -0.2) is 8.78 Å². The Balaban J connectivity index is 1.58. The Labute approximate surface area is 264 Å². The van der Waals surface area contributed by atoms with Crippen molar-refractivity contribution in [1.82, 2.24) is 10.6 Å². The van der Waals surface area contributed by atoms with Crippen LogP contribution in [-0.2, 0) is 14.9 Å². The van der Waals surface area contributed by atoms with E-state index in [9.17, 15) is 15.2 Å². The highest BCUT2D eigenvalue weighted by atomic mass is 35.5.